The predicted octanol–water partition coefficient (Wildman–Crippen LogP) is 1.09. The highest BCUT2D eigenvalue weighted by atomic mass is 35.5. The molecule has 33 heavy (non-hydrogen) atoms. The molecule has 13 nitrogen and oxygen atoms in total. The van der Waals surface area contributed by atoms with Gasteiger partial charge in [-0.3, -0.25) is 13.9 Å². The van der Waals surface area contributed by atoms with Crippen LogP contribution < -0.4 is 10.2 Å². The third kappa shape index (κ3) is 6.28. The van der Waals surface area contributed by atoms with E-state index in [1.807, 2.05) is 4.90 Å². The number of piperidine rings is 1. The lowest BCUT2D eigenvalue weighted by Crippen LogP contribution is -2.55. The van der Waals surface area contributed by atoms with Gasteiger partial charge in [0.05, 0.1) is 17.8 Å². The summed E-state index contributed by atoms with van der Waals surface area (Å²) in [6.07, 6.45) is -0.138. The number of methoxy groups -OCH3 is 1. The van der Waals surface area contributed by atoms with Gasteiger partial charge in [0.2, 0.25) is 11.0 Å². The van der Waals surface area contributed by atoms with Crippen molar-refractivity contribution in [2.45, 2.75) is 51.7 Å². The fourth-order valence-electron chi connectivity index (χ4n) is 3.38. The van der Waals surface area contributed by atoms with Crippen molar-refractivity contribution in [3.63, 3.8) is 0 Å². The molecule has 0 spiro atoms. The quantitative estimate of drug-likeness (QED) is 0.346. The van der Waals surface area contributed by atoms with Gasteiger partial charge in [-0.2, -0.15) is 0 Å². The predicted molar refractivity (Wildman–Crippen MR) is 119 cm³/mol. The summed E-state index contributed by atoms with van der Waals surface area (Å²) in [7, 11) is -3.24. The third-order valence-corrected chi connectivity index (χ3v) is 7.13. The van der Waals surface area contributed by atoms with Gasteiger partial charge in [0.1, 0.15) is 23.0 Å². The van der Waals surface area contributed by atoms with Crippen LogP contribution in [0.3, 0.4) is 0 Å². The van der Waals surface area contributed by atoms with E-state index in [1.165, 1.54) is 18.4 Å². The number of phosphoric ester groups is 1. The molecule has 1 amide bonds. The number of aryl methyl sites for hydroxylation is 1. The highest BCUT2D eigenvalue weighted by molar-refractivity contribution is 7.46. The molecule has 0 aliphatic carbocycles. The van der Waals surface area contributed by atoms with Gasteiger partial charge in [-0.25, -0.2) is 9.55 Å². The smallest absolute Gasteiger partial charge is 0.386 e. The molecular weight excluding hydrogens is 499 g/mol. The number of carbonyl (C=O) groups is 1. The Labute approximate surface area is 198 Å². The molecule has 1 saturated heterocycles. The van der Waals surface area contributed by atoms with Crippen LogP contribution in [-0.2, 0) is 27.0 Å². The highest BCUT2D eigenvalue weighted by Gasteiger charge is 2.34. The maximum absolute atomic E-state index is 13.0. The van der Waals surface area contributed by atoms with Crippen LogP contribution in [0, 0.1) is 0 Å². The van der Waals surface area contributed by atoms with E-state index >= 15 is 0 Å². The molecule has 0 saturated carbocycles. The van der Waals surface area contributed by atoms with Crippen molar-refractivity contribution in [2.75, 3.05) is 25.1 Å². The lowest BCUT2D eigenvalue weighted by Gasteiger charge is -2.37. The van der Waals surface area contributed by atoms with Crippen molar-refractivity contribution in [1.29, 1.82) is 0 Å². The van der Waals surface area contributed by atoms with E-state index < -0.39 is 26.6 Å². The van der Waals surface area contributed by atoms with Crippen LogP contribution in [0.5, 0.6) is 0 Å². The second-order valence-corrected chi connectivity index (χ2v) is 9.98. The van der Waals surface area contributed by atoms with Crippen molar-refractivity contribution >= 4 is 41.8 Å². The van der Waals surface area contributed by atoms with Crippen LogP contribution in [0.4, 0.5) is 5.13 Å². The largest absolute Gasteiger partial charge is 0.471 e. The summed E-state index contributed by atoms with van der Waals surface area (Å²) in [5, 5.41) is 21.9. The first-order valence-corrected chi connectivity index (χ1v) is 12.8. The third-order valence-electron chi connectivity index (χ3n) is 5.10. The molecule has 1 fully saturated rings. The Bertz CT molecular complexity index is 1030. The van der Waals surface area contributed by atoms with Gasteiger partial charge in [-0.15, -0.1) is 10.2 Å². The fraction of sp³-hybridized carbons (Fsp3) is 0.647. The van der Waals surface area contributed by atoms with Crippen molar-refractivity contribution in [1.82, 2.24) is 25.1 Å². The van der Waals surface area contributed by atoms with Crippen LogP contribution in [0.2, 0.25) is 5.15 Å². The van der Waals surface area contributed by atoms with E-state index in [9.17, 15) is 14.5 Å². The summed E-state index contributed by atoms with van der Waals surface area (Å²) in [5.74, 6) is -0.688. The number of halogens is 1. The number of phosphoric acid groups is 1. The number of imidazole rings is 1. The maximum Gasteiger partial charge on any atom is 0.471 e. The molecule has 0 radical (unpaired) electrons. The fourth-order valence-corrected chi connectivity index (χ4v) is 4.77. The zero-order valence-electron chi connectivity index (χ0n) is 18.2. The molecule has 0 unspecified atom stereocenters. The lowest BCUT2D eigenvalue weighted by atomic mass is 10.0. The number of carbonyl (C=O) groups excluding carboxylic acids is 1. The number of nitrogens with zero attached hydrogens (tertiary/aromatic N) is 5. The number of amides is 1. The molecule has 1 aliphatic heterocycles. The number of hydrogen-bond acceptors (Lipinski definition) is 10. The van der Waals surface area contributed by atoms with Crippen molar-refractivity contribution in [3.05, 3.63) is 21.7 Å². The number of aliphatic hydroxyl groups is 1. The van der Waals surface area contributed by atoms with Crippen molar-refractivity contribution in [3.8, 4) is 0 Å². The summed E-state index contributed by atoms with van der Waals surface area (Å²) in [5.41, 5.74) is 0.402. The molecule has 1 aliphatic rings. The summed E-state index contributed by atoms with van der Waals surface area (Å²) in [6, 6.07) is -0.361. The first kappa shape index (κ1) is 26.0. The van der Waals surface area contributed by atoms with Crippen LogP contribution in [-0.4, -0.2) is 72.9 Å². The van der Waals surface area contributed by atoms with E-state index in [1.54, 1.807) is 13.8 Å². The van der Waals surface area contributed by atoms with Gasteiger partial charge in [0, 0.05) is 20.2 Å². The number of aromatic nitrogens is 4. The Balaban J connectivity index is 1.72. The standard InChI is InChI=1S/C17H26ClN6O7PS/c1-4-10-13(18)24(8-31-32(27,28)29)14(19-10)15(26)20-11-5-6-23(7-12(11)30-3)17-22-21-16(33-17)9(2)25/h9,11-12,25H,4-8H2,1-3H3,(H,20,26)(H2,27,28,29)/t9-,11+,12-/m0/s1. The summed E-state index contributed by atoms with van der Waals surface area (Å²) in [6.45, 7) is 3.78. The zero-order chi connectivity index (χ0) is 24.3. The SMILES string of the molecule is CCc1nc(C(=O)N[C@@H]2CCN(c3nnc([C@H](C)O)s3)C[C@@H]2OC)n(COP(=O)(O)O)c1Cl. The number of ether oxygens (including phenoxy) is 1. The molecule has 4 N–H and O–H groups in total. The van der Waals surface area contributed by atoms with Crippen LogP contribution in [0.25, 0.3) is 0 Å². The summed E-state index contributed by atoms with van der Waals surface area (Å²) >= 11 is 7.53. The van der Waals surface area contributed by atoms with E-state index in [2.05, 4.69) is 25.0 Å². The average Bonchev–Trinajstić information content (AvgIpc) is 3.37. The minimum atomic E-state index is -4.78. The second-order valence-electron chi connectivity index (χ2n) is 7.39. The summed E-state index contributed by atoms with van der Waals surface area (Å²) in [4.78, 5) is 37.2. The zero-order valence-corrected chi connectivity index (χ0v) is 20.7. The van der Waals surface area contributed by atoms with Gasteiger partial charge in [0.15, 0.2) is 0 Å². The Morgan fingerprint density at radius 3 is 2.73 bits per heavy atom. The van der Waals surface area contributed by atoms with Crippen LogP contribution >= 0.6 is 30.8 Å². The Morgan fingerprint density at radius 1 is 1.42 bits per heavy atom. The molecule has 3 heterocycles. The minimum absolute atomic E-state index is 0.0689. The van der Waals surface area contributed by atoms with E-state index in [-0.39, 0.29) is 23.1 Å². The molecule has 2 aromatic heterocycles. The number of aliphatic hydroxyl groups excluding tert-OH is 1. The Kier molecular flexibility index (Phi) is 8.45. The van der Waals surface area contributed by atoms with Crippen LogP contribution in [0.1, 0.15) is 47.7 Å². The van der Waals surface area contributed by atoms with Gasteiger partial charge < -0.3 is 29.8 Å². The normalized spacial score (nSPS) is 20.2. The van der Waals surface area contributed by atoms with E-state index in [0.717, 1.165) is 4.57 Å². The molecule has 0 bridgehead atoms. The second kappa shape index (κ2) is 10.7. The molecule has 184 valence electrons. The maximum atomic E-state index is 13.0. The molecule has 2 aromatic rings. The Hall–Kier alpha value is -1.64. The minimum Gasteiger partial charge on any atom is -0.386 e. The highest BCUT2D eigenvalue weighted by Crippen LogP contribution is 2.37. The average molecular weight is 525 g/mol. The van der Waals surface area contributed by atoms with Gasteiger partial charge in [-0.05, 0) is 19.8 Å². The van der Waals surface area contributed by atoms with Gasteiger partial charge >= 0.3 is 7.82 Å². The molecule has 0 aromatic carbocycles. The van der Waals surface area contributed by atoms with Gasteiger partial charge in [0.25, 0.3) is 5.91 Å². The molecule has 16 heteroatoms. The van der Waals surface area contributed by atoms with Crippen LogP contribution in [0.15, 0.2) is 0 Å². The van der Waals surface area contributed by atoms with E-state index in [0.29, 0.717) is 41.8 Å². The van der Waals surface area contributed by atoms with Gasteiger partial charge in [-0.1, -0.05) is 29.9 Å². The molecule has 3 rings (SSSR count). The number of anilines is 1. The lowest BCUT2D eigenvalue weighted by molar-refractivity contribution is 0.0532. The number of hydrogen-bond donors (Lipinski definition) is 4. The van der Waals surface area contributed by atoms with Crippen molar-refractivity contribution < 1.29 is 33.5 Å². The first-order chi connectivity index (χ1) is 15.5. The topological polar surface area (TPSA) is 172 Å². The monoisotopic (exact) mass is 524 g/mol. The number of nitrogens with one attached hydrogen (secondary N) is 1. The van der Waals surface area contributed by atoms with Crippen molar-refractivity contribution in [2.24, 2.45) is 0 Å². The first-order valence-electron chi connectivity index (χ1n) is 10.1. The summed E-state index contributed by atoms with van der Waals surface area (Å²) < 4.78 is 22.3. The number of rotatable bonds is 9. The van der Waals surface area contributed by atoms with E-state index in [4.69, 9.17) is 26.1 Å². The Morgan fingerprint density at radius 2 is 2.15 bits per heavy atom. The molecular formula is C17H26ClN6O7PS. The molecule has 3 atom stereocenters.